The van der Waals surface area contributed by atoms with E-state index in [4.69, 9.17) is 0 Å². The Kier molecular flexibility index (Phi) is 9.90. The number of nitrogens with one attached hydrogen (secondary N) is 1. The van der Waals surface area contributed by atoms with Gasteiger partial charge < -0.3 is 10.4 Å². The lowest BCUT2D eigenvalue weighted by atomic mass is 9.89. The summed E-state index contributed by atoms with van der Waals surface area (Å²) < 4.78 is 2.61. The van der Waals surface area contributed by atoms with Gasteiger partial charge in [-0.1, -0.05) is 28.8 Å². The first kappa shape index (κ1) is 23.0. The summed E-state index contributed by atoms with van der Waals surface area (Å²) in [7, 11) is 0. The zero-order valence-electron chi connectivity index (χ0n) is 13.2. The van der Waals surface area contributed by atoms with E-state index >= 15 is 0 Å². The summed E-state index contributed by atoms with van der Waals surface area (Å²) >= 11 is 10.8. The molecule has 1 atom stereocenters. The zero-order valence-corrected chi connectivity index (χ0v) is 19.6. The van der Waals surface area contributed by atoms with Crippen molar-refractivity contribution in [3.63, 3.8) is 0 Å². The van der Waals surface area contributed by atoms with Gasteiger partial charge in [0, 0.05) is 42.3 Å². The molecule has 3 rings (SSSR count). The fourth-order valence-electron chi connectivity index (χ4n) is 3.82. The van der Waals surface area contributed by atoms with Gasteiger partial charge in [-0.25, -0.2) is 0 Å². The van der Waals surface area contributed by atoms with Crippen LogP contribution in [0, 0.1) is 5.92 Å². The van der Waals surface area contributed by atoms with Crippen molar-refractivity contribution >= 4 is 72.6 Å². The Morgan fingerprint density at radius 2 is 1.62 bits per heavy atom. The van der Waals surface area contributed by atoms with Crippen molar-refractivity contribution in [1.82, 2.24) is 10.2 Å². The van der Waals surface area contributed by atoms with E-state index in [-0.39, 0.29) is 24.8 Å². The van der Waals surface area contributed by atoms with Crippen molar-refractivity contribution in [3.8, 4) is 5.75 Å². The van der Waals surface area contributed by atoms with E-state index in [9.17, 15) is 5.11 Å². The molecule has 1 aromatic rings. The van der Waals surface area contributed by atoms with Gasteiger partial charge in [-0.05, 0) is 56.7 Å². The van der Waals surface area contributed by atoms with Crippen LogP contribution in [0.1, 0.15) is 37.3 Å². The standard InChI is InChI=1S/C16H21Br3N2O.2ClH/c17-11-9-12(18)16(22)14(19)13(11)15(10-3-1-2-4-10)21-7-5-20-6-8-21;;/h9-10,15,20,22H,1-8H2;2*1H/t15-;;/m1../s1. The number of nitrogens with zero attached hydrogens (tertiary/aromatic N) is 1. The first-order valence-corrected chi connectivity index (χ1v) is 10.3. The Labute approximate surface area is 181 Å². The van der Waals surface area contributed by atoms with Gasteiger partial charge in [0.05, 0.1) is 8.95 Å². The first-order valence-electron chi connectivity index (χ1n) is 7.90. The van der Waals surface area contributed by atoms with Crippen molar-refractivity contribution in [2.75, 3.05) is 26.2 Å². The maximum Gasteiger partial charge on any atom is 0.144 e. The Morgan fingerprint density at radius 3 is 2.21 bits per heavy atom. The van der Waals surface area contributed by atoms with Crippen molar-refractivity contribution in [2.24, 2.45) is 5.92 Å². The number of hydrogen-bond acceptors (Lipinski definition) is 3. The number of piperazine rings is 1. The van der Waals surface area contributed by atoms with Crippen LogP contribution < -0.4 is 5.32 Å². The molecule has 0 bridgehead atoms. The molecule has 1 saturated carbocycles. The molecule has 0 radical (unpaired) electrons. The van der Waals surface area contributed by atoms with Gasteiger partial charge in [-0.3, -0.25) is 4.90 Å². The Morgan fingerprint density at radius 1 is 1.04 bits per heavy atom. The average Bonchev–Trinajstić information content (AvgIpc) is 3.04. The van der Waals surface area contributed by atoms with Crippen LogP contribution in [0.5, 0.6) is 5.75 Å². The molecule has 138 valence electrons. The van der Waals surface area contributed by atoms with Crippen LogP contribution in [0.15, 0.2) is 19.5 Å². The lowest BCUT2D eigenvalue weighted by Crippen LogP contribution is -2.46. The Bertz CT molecular complexity index is 551. The van der Waals surface area contributed by atoms with E-state index in [0.29, 0.717) is 17.7 Å². The van der Waals surface area contributed by atoms with E-state index in [1.807, 2.05) is 6.07 Å². The van der Waals surface area contributed by atoms with Crippen LogP contribution in [-0.2, 0) is 0 Å². The number of phenols is 1. The quantitative estimate of drug-likeness (QED) is 0.493. The highest BCUT2D eigenvalue weighted by molar-refractivity contribution is 9.11. The summed E-state index contributed by atoms with van der Waals surface area (Å²) in [5.41, 5.74) is 1.20. The van der Waals surface area contributed by atoms with Gasteiger partial charge in [0.15, 0.2) is 0 Å². The largest absolute Gasteiger partial charge is 0.506 e. The lowest BCUT2D eigenvalue weighted by molar-refractivity contribution is 0.124. The van der Waals surface area contributed by atoms with E-state index in [1.54, 1.807) is 0 Å². The molecule has 1 aliphatic carbocycles. The Hall–Kier alpha value is 0.960. The lowest BCUT2D eigenvalue weighted by Gasteiger charge is -2.39. The molecular weight excluding hydrogens is 547 g/mol. The number of aromatic hydroxyl groups is 1. The van der Waals surface area contributed by atoms with Crippen molar-refractivity contribution in [3.05, 3.63) is 25.0 Å². The van der Waals surface area contributed by atoms with Crippen LogP contribution in [0.3, 0.4) is 0 Å². The molecule has 2 N–H and O–H groups in total. The van der Waals surface area contributed by atoms with Crippen molar-refractivity contribution in [1.29, 1.82) is 0 Å². The highest BCUT2D eigenvalue weighted by Crippen LogP contribution is 2.48. The second kappa shape index (κ2) is 10.3. The van der Waals surface area contributed by atoms with Gasteiger partial charge in [-0.2, -0.15) is 0 Å². The van der Waals surface area contributed by atoms with Crippen LogP contribution in [0.4, 0.5) is 0 Å². The topological polar surface area (TPSA) is 35.5 Å². The number of hydrogen-bond donors (Lipinski definition) is 2. The van der Waals surface area contributed by atoms with Crippen LogP contribution >= 0.6 is 72.6 Å². The summed E-state index contributed by atoms with van der Waals surface area (Å²) in [5, 5.41) is 13.8. The van der Waals surface area contributed by atoms with E-state index in [0.717, 1.165) is 39.6 Å². The summed E-state index contributed by atoms with van der Waals surface area (Å²) in [6.07, 6.45) is 5.21. The fraction of sp³-hybridized carbons (Fsp3) is 0.625. The molecule has 8 heteroatoms. The van der Waals surface area contributed by atoms with Crippen molar-refractivity contribution < 1.29 is 5.11 Å². The fourth-order valence-corrected chi connectivity index (χ4v) is 6.41. The predicted octanol–water partition coefficient (Wildman–Crippen LogP) is 5.66. The molecule has 0 spiro atoms. The minimum absolute atomic E-state index is 0. The minimum Gasteiger partial charge on any atom is -0.506 e. The normalized spacial score (nSPS) is 20.3. The van der Waals surface area contributed by atoms with Gasteiger partial charge >= 0.3 is 0 Å². The molecule has 0 amide bonds. The predicted molar refractivity (Wildman–Crippen MR) is 115 cm³/mol. The maximum absolute atomic E-state index is 10.4. The number of benzene rings is 1. The third-order valence-electron chi connectivity index (χ3n) is 4.87. The second-order valence-electron chi connectivity index (χ2n) is 6.19. The van der Waals surface area contributed by atoms with Gasteiger partial charge in [0.1, 0.15) is 5.75 Å². The van der Waals surface area contributed by atoms with E-state index in [1.165, 1.54) is 31.2 Å². The molecule has 2 fully saturated rings. The third-order valence-corrected chi connectivity index (χ3v) is 6.93. The molecule has 0 unspecified atom stereocenters. The smallest absolute Gasteiger partial charge is 0.144 e. The molecule has 1 saturated heterocycles. The highest BCUT2D eigenvalue weighted by Gasteiger charge is 2.35. The number of phenolic OH excluding ortho intramolecular Hbond substituents is 1. The second-order valence-corrected chi connectivity index (χ2v) is 8.69. The van der Waals surface area contributed by atoms with E-state index in [2.05, 4.69) is 58.0 Å². The first-order chi connectivity index (χ1) is 10.6. The van der Waals surface area contributed by atoms with Crippen LogP contribution in [-0.4, -0.2) is 36.2 Å². The molecule has 1 aliphatic heterocycles. The summed E-state index contributed by atoms with van der Waals surface area (Å²) in [6.45, 7) is 4.22. The van der Waals surface area contributed by atoms with Crippen LogP contribution in [0.25, 0.3) is 0 Å². The number of rotatable bonds is 3. The van der Waals surface area contributed by atoms with Gasteiger partial charge in [-0.15, -0.1) is 24.8 Å². The van der Waals surface area contributed by atoms with E-state index < -0.39 is 0 Å². The molecule has 2 aliphatic rings. The number of halogens is 5. The summed E-state index contributed by atoms with van der Waals surface area (Å²) in [4.78, 5) is 2.59. The molecular formula is C16H23Br3Cl2N2O. The summed E-state index contributed by atoms with van der Waals surface area (Å²) in [5.74, 6) is 0.975. The van der Waals surface area contributed by atoms with Crippen molar-refractivity contribution in [2.45, 2.75) is 31.7 Å². The zero-order chi connectivity index (χ0) is 15.7. The Balaban J connectivity index is 0.00000144. The maximum atomic E-state index is 10.4. The van der Waals surface area contributed by atoms with Crippen LogP contribution in [0.2, 0.25) is 0 Å². The summed E-state index contributed by atoms with van der Waals surface area (Å²) in [6, 6.07) is 2.34. The minimum atomic E-state index is 0. The highest BCUT2D eigenvalue weighted by atomic mass is 79.9. The van der Waals surface area contributed by atoms with Gasteiger partial charge in [0.2, 0.25) is 0 Å². The molecule has 24 heavy (non-hydrogen) atoms. The molecule has 0 aromatic heterocycles. The van der Waals surface area contributed by atoms with Gasteiger partial charge in [0.25, 0.3) is 0 Å². The molecule has 1 aromatic carbocycles. The average molecular weight is 570 g/mol. The monoisotopic (exact) mass is 566 g/mol. The molecule has 3 nitrogen and oxygen atoms in total. The molecule has 1 heterocycles. The SMILES string of the molecule is Cl.Cl.Oc1c(Br)cc(Br)c([C@@H](C2CCCC2)N2CCNCC2)c1Br. The third kappa shape index (κ3) is 4.81.